The fourth-order valence-electron chi connectivity index (χ4n) is 2.21. The van der Waals surface area contributed by atoms with E-state index < -0.39 is 12.3 Å². The van der Waals surface area contributed by atoms with Crippen LogP contribution < -0.4 is 10.6 Å². The number of alkyl halides is 2. The number of carbonyl (C=O) groups excluding carboxylic acids is 2. The Morgan fingerprint density at radius 1 is 1.55 bits per heavy atom. The molecule has 3 amide bonds. The van der Waals surface area contributed by atoms with Crippen molar-refractivity contribution in [1.82, 2.24) is 15.5 Å². The van der Waals surface area contributed by atoms with Crippen LogP contribution in [0.1, 0.15) is 21.7 Å². The smallest absolute Gasteiger partial charge is 0.314 e. The van der Waals surface area contributed by atoms with E-state index >= 15 is 0 Å². The van der Waals surface area contributed by atoms with Crippen LogP contribution >= 0.6 is 11.3 Å². The molecule has 1 fully saturated rings. The number of nitrogens with one attached hydrogen (secondary N) is 2. The first kappa shape index (κ1) is 16.6. The second-order valence-corrected chi connectivity index (χ2v) is 5.63. The number of nitrogens with zero attached hydrogens (tertiary/aromatic N) is 1. The fourth-order valence-corrected chi connectivity index (χ4v) is 2.95. The first-order valence-electron chi connectivity index (χ1n) is 6.74. The van der Waals surface area contributed by atoms with Gasteiger partial charge in [0.05, 0.1) is 29.7 Å². The molecule has 2 rings (SSSR count). The molecular formula is C13H17F2N3O3S. The summed E-state index contributed by atoms with van der Waals surface area (Å²) < 4.78 is 31.2. The van der Waals surface area contributed by atoms with E-state index in [1.54, 1.807) is 0 Å². The minimum Gasteiger partial charge on any atom is -0.377 e. The second-order valence-electron chi connectivity index (χ2n) is 4.69. The van der Waals surface area contributed by atoms with Crippen LogP contribution in [0, 0.1) is 0 Å². The number of halogens is 2. The molecule has 1 aromatic heterocycles. The van der Waals surface area contributed by atoms with Crippen molar-refractivity contribution in [1.29, 1.82) is 0 Å². The topological polar surface area (TPSA) is 70.7 Å². The lowest BCUT2D eigenvalue weighted by atomic mass is 10.1. The Kier molecular flexibility index (Phi) is 5.67. The molecule has 0 aliphatic carbocycles. The van der Waals surface area contributed by atoms with E-state index in [2.05, 4.69) is 10.6 Å². The van der Waals surface area contributed by atoms with E-state index in [1.807, 2.05) is 0 Å². The van der Waals surface area contributed by atoms with E-state index in [1.165, 1.54) is 23.4 Å². The minimum atomic E-state index is -2.68. The molecular weight excluding hydrogens is 316 g/mol. The third-order valence-corrected chi connectivity index (χ3v) is 4.26. The zero-order valence-electron chi connectivity index (χ0n) is 12.0. The average molecular weight is 333 g/mol. The normalized spacial score (nSPS) is 18.4. The third-order valence-electron chi connectivity index (χ3n) is 3.34. The average Bonchev–Trinajstić information content (AvgIpc) is 3.02. The second kappa shape index (κ2) is 7.50. The Bertz CT molecular complexity index is 538. The summed E-state index contributed by atoms with van der Waals surface area (Å²) in [7, 11) is 1.48. The standard InChI is InChI=1S/C13H17F2N3O3S/c1-16-13(20)17-6-8-7-21-4-3-18(8)12(19)9-2-5-22-10(9)11(14)15/h2,5,8,11H,3-4,6-7H2,1H3,(H2,16,17,20). The molecule has 122 valence electrons. The molecule has 9 heteroatoms. The largest absolute Gasteiger partial charge is 0.377 e. The van der Waals surface area contributed by atoms with Gasteiger partial charge in [-0.05, 0) is 11.4 Å². The minimum absolute atomic E-state index is 0.0202. The maximum Gasteiger partial charge on any atom is 0.314 e. The van der Waals surface area contributed by atoms with Crippen molar-refractivity contribution in [2.75, 3.05) is 33.4 Å². The number of thiophene rings is 1. The molecule has 0 radical (unpaired) electrons. The maximum atomic E-state index is 12.9. The Hall–Kier alpha value is -1.74. The van der Waals surface area contributed by atoms with Gasteiger partial charge in [0, 0.05) is 20.1 Å². The summed E-state index contributed by atoms with van der Waals surface area (Å²) in [5.41, 5.74) is 0.0202. The monoisotopic (exact) mass is 333 g/mol. The number of ether oxygens (including phenoxy) is 1. The Morgan fingerprint density at radius 2 is 2.32 bits per heavy atom. The van der Waals surface area contributed by atoms with Crippen molar-refractivity contribution in [2.45, 2.75) is 12.5 Å². The highest BCUT2D eigenvalue weighted by atomic mass is 32.1. The molecule has 1 unspecified atom stereocenters. The molecule has 0 bridgehead atoms. The van der Waals surface area contributed by atoms with Crippen molar-refractivity contribution in [3.05, 3.63) is 21.9 Å². The number of urea groups is 1. The molecule has 1 aromatic rings. The van der Waals surface area contributed by atoms with Gasteiger partial charge in [-0.1, -0.05) is 0 Å². The molecule has 0 saturated carbocycles. The van der Waals surface area contributed by atoms with Crippen molar-refractivity contribution >= 4 is 23.3 Å². The SMILES string of the molecule is CNC(=O)NCC1COCCN1C(=O)c1ccsc1C(F)F. The van der Waals surface area contributed by atoms with E-state index in [0.717, 1.165) is 11.3 Å². The van der Waals surface area contributed by atoms with Crippen molar-refractivity contribution < 1.29 is 23.1 Å². The molecule has 1 aliphatic rings. The number of rotatable bonds is 4. The summed E-state index contributed by atoms with van der Waals surface area (Å²) in [5.74, 6) is -0.455. The van der Waals surface area contributed by atoms with Crippen LogP contribution in [0.4, 0.5) is 13.6 Å². The molecule has 22 heavy (non-hydrogen) atoms. The molecule has 2 N–H and O–H groups in total. The summed E-state index contributed by atoms with van der Waals surface area (Å²) >= 11 is 0.865. The van der Waals surface area contributed by atoms with Crippen LogP contribution in [-0.2, 0) is 4.74 Å². The van der Waals surface area contributed by atoms with E-state index in [-0.39, 0.29) is 35.7 Å². The lowest BCUT2D eigenvalue weighted by Crippen LogP contribution is -2.54. The Morgan fingerprint density at radius 3 is 3.00 bits per heavy atom. The van der Waals surface area contributed by atoms with Crippen molar-refractivity contribution in [3.8, 4) is 0 Å². The van der Waals surface area contributed by atoms with E-state index in [4.69, 9.17) is 4.74 Å². The van der Waals surface area contributed by atoms with Gasteiger partial charge >= 0.3 is 6.03 Å². The van der Waals surface area contributed by atoms with Gasteiger partial charge < -0.3 is 20.3 Å². The quantitative estimate of drug-likeness (QED) is 0.876. The fraction of sp³-hybridized carbons (Fsp3) is 0.538. The zero-order valence-corrected chi connectivity index (χ0v) is 12.8. The van der Waals surface area contributed by atoms with Crippen molar-refractivity contribution in [2.24, 2.45) is 0 Å². The van der Waals surface area contributed by atoms with Gasteiger partial charge in [0.1, 0.15) is 0 Å². The van der Waals surface area contributed by atoms with Gasteiger partial charge in [-0.3, -0.25) is 4.79 Å². The van der Waals surface area contributed by atoms with Crippen LogP contribution in [0.15, 0.2) is 11.4 Å². The third kappa shape index (κ3) is 3.72. The number of amides is 3. The summed E-state index contributed by atoms with van der Waals surface area (Å²) in [4.78, 5) is 25.0. The van der Waals surface area contributed by atoms with E-state index in [9.17, 15) is 18.4 Å². The summed E-state index contributed by atoms with van der Waals surface area (Å²) in [5, 5.41) is 6.49. The van der Waals surface area contributed by atoms with Crippen LogP contribution in [0.25, 0.3) is 0 Å². The van der Waals surface area contributed by atoms with Gasteiger partial charge in [-0.25, -0.2) is 13.6 Å². The summed E-state index contributed by atoms with van der Waals surface area (Å²) in [6.45, 7) is 1.09. The van der Waals surface area contributed by atoms with Gasteiger partial charge in [0.15, 0.2) is 0 Å². The lowest BCUT2D eigenvalue weighted by Gasteiger charge is -2.35. The van der Waals surface area contributed by atoms with Crippen LogP contribution in [0.2, 0.25) is 0 Å². The zero-order chi connectivity index (χ0) is 16.1. The molecule has 6 nitrogen and oxygen atoms in total. The number of hydrogen-bond acceptors (Lipinski definition) is 4. The molecule has 1 saturated heterocycles. The summed E-state index contributed by atoms with van der Waals surface area (Å²) in [6.07, 6.45) is -2.68. The predicted octanol–water partition coefficient (Wildman–Crippen LogP) is 1.46. The molecule has 0 spiro atoms. The first-order valence-corrected chi connectivity index (χ1v) is 7.62. The van der Waals surface area contributed by atoms with Crippen molar-refractivity contribution in [3.63, 3.8) is 0 Å². The van der Waals surface area contributed by atoms with Gasteiger partial charge in [-0.2, -0.15) is 0 Å². The molecule has 1 aliphatic heterocycles. The number of hydrogen-bond donors (Lipinski definition) is 2. The highest BCUT2D eigenvalue weighted by Crippen LogP contribution is 2.29. The maximum absolute atomic E-state index is 12.9. The Labute approximate surface area is 130 Å². The first-order chi connectivity index (χ1) is 10.5. The van der Waals surface area contributed by atoms with Gasteiger partial charge in [0.2, 0.25) is 0 Å². The highest BCUT2D eigenvalue weighted by Gasteiger charge is 2.31. The predicted molar refractivity (Wildman–Crippen MR) is 77.4 cm³/mol. The van der Waals surface area contributed by atoms with Gasteiger partial charge in [-0.15, -0.1) is 11.3 Å². The van der Waals surface area contributed by atoms with Crippen LogP contribution in [-0.4, -0.2) is 56.2 Å². The van der Waals surface area contributed by atoms with E-state index in [0.29, 0.717) is 13.2 Å². The van der Waals surface area contributed by atoms with Crippen LogP contribution in [0.3, 0.4) is 0 Å². The Balaban J connectivity index is 2.11. The lowest BCUT2D eigenvalue weighted by molar-refractivity contribution is -0.00100. The summed E-state index contributed by atoms with van der Waals surface area (Å²) in [6, 6.07) is 0.651. The molecule has 2 heterocycles. The highest BCUT2D eigenvalue weighted by molar-refractivity contribution is 7.10. The van der Waals surface area contributed by atoms with Gasteiger partial charge in [0.25, 0.3) is 12.3 Å². The van der Waals surface area contributed by atoms with Crippen LogP contribution in [0.5, 0.6) is 0 Å². The number of morpholine rings is 1. The molecule has 0 aromatic carbocycles. The number of carbonyl (C=O) groups is 2. The molecule has 1 atom stereocenters.